The number of nitrogens with zero attached hydrogens (tertiary/aromatic N) is 1. The molecule has 0 aromatic heterocycles. The third-order valence-electron chi connectivity index (χ3n) is 12.0. The number of amides is 4. The van der Waals surface area contributed by atoms with Crippen LogP contribution in [0.3, 0.4) is 0 Å². The van der Waals surface area contributed by atoms with E-state index < -0.39 is 47.6 Å². The lowest BCUT2D eigenvalue weighted by Crippen LogP contribution is -2.52. The standard InChI is InChI=1S/C52H83N7O7/c1-6-7-8-9-10-11-12-13-14-15-16-17-21-26-48(63)58-45(32-37(2)3)51(66)57-38(4)46(61)36-42(33-40-27-29-43(60)30-28-40)50(65)59-44(34-39-23-19-18-20-24-39)47(62)35-41(49(64)55-5)25-22-31-56-52(53)54/h18-20,23-24,27-30,37-38,41-42,44-45,60H,6-17,21-22,25-26,31-36H2,1-5H3,(H,55,64)(H,57,66)(H,58,63)(H,59,65)(H4,53,54,56)/t38-,41+,42+,44-,45-/m0/s1. The zero-order valence-corrected chi connectivity index (χ0v) is 40.7. The molecule has 0 aliphatic rings. The van der Waals surface area contributed by atoms with E-state index in [9.17, 15) is 33.9 Å². The number of phenols is 1. The minimum atomic E-state index is -1.03. The maximum Gasteiger partial charge on any atom is 0.243 e. The zero-order valence-electron chi connectivity index (χ0n) is 40.7. The van der Waals surface area contributed by atoms with Gasteiger partial charge in [0.2, 0.25) is 23.6 Å². The van der Waals surface area contributed by atoms with E-state index in [1.165, 1.54) is 77.0 Å². The van der Waals surface area contributed by atoms with Gasteiger partial charge < -0.3 is 37.8 Å². The number of unbranched alkanes of at least 4 members (excludes halogenated alkanes) is 12. The number of rotatable bonds is 36. The number of hydrogen-bond donors (Lipinski definition) is 7. The van der Waals surface area contributed by atoms with E-state index in [0.717, 1.165) is 31.2 Å². The molecule has 0 aliphatic carbocycles. The minimum Gasteiger partial charge on any atom is -0.508 e. The van der Waals surface area contributed by atoms with Crippen molar-refractivity contribution in [1.82, 2.24) is 21.3 Å². The van der Waals surface area contributed by atoms with Crippen molar-refractivity contribution in [3.8, 4) is 5.75 Å². The second-order valence-corrected chi connectivity index (χ2v) is 18.4. The van der Waals surface area contributed by atoms with Gasteiger partial charge in [0.15, 0.2) is 17.5 Å². The Hall–Kier alpha value is -5.27. The maximum atomic E-state index is 14.3. The third kappa shape index (κ3) is 24.9. The van der Waals surface area contributed by atoms with E-state index in [-0.39, 0.29) is 67.5 Å². The number of phenolic OH excluding ortho intramolecular Hbond substituents is 1. The van der Waals surface area contributed by atoms with Crippen molar-refractivity contribution < 1.29 is 33.9 Å². The molecule has 4 amide bonds. The van der Waals surface area contributed by atoms with Crippen LogP contribution in [0.1, 0.15) is 161 Å². The summed E-state index contributed by atoms with van der Waals surface area (Å²) >= 11 is 0. The molecule has 5 atom stereocenters. The van der Waals surface area contributed by atoms with Crippen molar-refractivity contribution in [1.29, 1.82) is 0 Å². The van der Waals surface area contributed by atoms with Crippen LogP contribution in [0.25, 0.3) is 0 Å². The molecule has 0 saturated heterocycles. The van der Waals surface area contributed by atoms with Crippen molar-refractivity contribution >= 4 is 41.2 Å². The van der Waals surface area contributed by atoms with Crippen molar-refractivity contribution in [3.05, 3.63) is 65.7 Å². The van der Waals surface area contributed by atoms with E-state index in [1.807, 2.05) is 44.2 Å². The summed E-state index contributed by atoms with van der Waals surface area (Å²) in [7, 11) is 1.50. The number of ketones is 2. The van der Waals surface area contributed by atoms with Crippen LogP contribution in [-0.2, 0) is 41.6 Å². The van der Waals surface area contributed by atoms with Gasteiger partial charge in [-0.1, -0.05) is 140 Å². The normalized spacial score (nSPS) is 13.4. The van der Waals surface area contributed by atoms with E-state index in [1.54, 1.807) is 19.1 Å². The molecule has 0 unspecified atom stereocenters. The number of benzene rings is 2. The lowest BCUT2D eigenvalue weighted by atomic mass is 9.89. The predicted molar refractivity (Wildman–Crippen MR) is 263 cm³/mol. The first-order valence-electron chi connectivity index (χ1n) is 24.7. The number of carbonyl (C=O) groups is 6. The maximum absolute atomic E-state index is 14.3. The fraction of sp³-hybridized carbons (Fsp3) is 0.635. The molecule has 0 heterocycles. The summed E-state index contributed by atoms with van der Waals surface area (Å²) in [5.74, 6) is -3.92. The topological polar surface area (TPSA) is 235 Å². The van der Waals surface area contributed by atoms with Gasteiger partial charge in [-0.15, -0.1) is 0 Å². The average molecular weight is 918 g/mol. The van der Waals surface area contributed by atoms with Crippen LogP contribution in [0.5, 0.6) is 5.75 Å². The number of guanidine groups is 1. The Kier molecular flexibility index (Phi) is 28.6. The van der Waals surface area contributed by atoms with Gasteiger partial charge in [-0.05, 0) is 74.6 Å². The van der Waals surface area contributed by atoms with E-state index >= 15 is 0 Å². The molecule has 2 aromatic carbocycles. The highest BCUT2D eigenvalue weighted by atomic mass is 16.3. The van der Waals surface area contributed by atoms with Crippen molar-refractivity contribution in [2.45, 2.75) is 181 Å². The summed E-state index contributed by atoms with van der Waals surface area (Å²) in [4.78, 5) is 85.9. The number of aromatic hydroxyl groups is 1. The number of nitrogens with one attached hydrogen (secondary N) is 4. The average Bonchev–Trinajstić information content (AvgIpc) is 3.28. The van der Waals surface area contributed by atoms with Crippen LogP contribution in [0.4, 0.5) is 0 Å². The molecule has 0 aliphatic heterocycles. The monoisotopic (exact) mass is 918 g/mol. The Morgan fingerprint density at radius 2 is 1.17 bits per heavy atom. The molecule has 0 saturated carbocycles. The quantitative estimate of drug-likeness (QED) is 0.0209. The lowest BCUT2D eigenvalue weighted by molar-refractivity contribution is -0.135. The van der Waals surface area contributed by atoms with Gasteiger partial charge in [0, 0.05) is 44.7 Å². The summed E-state index contributed by atoms with van der Waals surface area (Å²) in [5.41, 5.74) is 12.4. The highest BCUT2D eigenvalue weighted by Crippen LogP contribution is 2.21. The SMILES string of the molecule is CCCCCCCCCCCCCCCC(=O)N[C@@H](CC(C)C)C(=O)N[C@@H](C)C(=O)C[C@@H](Cc1ccc(O)cc1)C(=O)N[C@@H](Cc1ccccc1)C(=O)C[C@@H](CCCN=C(N)N)C(=O)NC. The number of hydrogen-bond acceptors (Lipinski definition) is 8. The number of Topliss-reactive ketones (excluding diaryl/α,β-unsaturated/α-hetero) is 2. The summed E-state index contributed by atoms with van der Waals surface area (Å²) < 4.78 is 0. The largest absolute Gasteiger partial charge is 0.508 e. The third-order valence-corrected chi connectivity index (χ3v) is 12.0. The van der Waals surface area contributed by atoms with Gasteiger partial charge >= 0.3 is 0 Å². The Bertz CT molecular complexity index is 1770. The lowest BCUT2D eigenvalue weighted by Gasteiger charge is -2.25. The van der Waals surface area contributed by atoms with E-state index in [2.05, 4.69) is 33.2 Å². The van der Waals surface area contributed by atoms with Gasteiger partial charge in [-0.3, -0.25) is 33.8 Å². The minimum absolute atomic E-state index is 0.0389. The summed E-state index contributed by atoms with van der Waals surface area (Å²) in [6, 6.07) is 12.6. The zero-order chi connectivity index (χ0) is 48.7. The van der Waals surface area contributed by atoms with Crippen LogP contribution in [-0.4, -0.2) is 78.0 Å². The fourth-order valence-corrected chi connectivity index (χ4v) is 8.11. The smallest absolute Gasteiger partial charge is 0.243 e. The van der Waals surface area contributed by atoms with Gasteiger partial charge in [0.25, 0.3) is 0 Å². The van der Waals surface area contributed by atoms with Crippen molar-refractivity contribution in [2.75, 3.05) is 13.6 Å². The van der Waals surface area contributed by atoms with Crippen molar-refractivity contribution in [3.63, 3.8) is 0 Å². The fourth-order valence-electron chi connectivity index (χ4n) is 8.11. The Morgan fingerprint density at radius 3 is 1.73 bits per heavy atom. The Morgan fingerprint density at radius 1 is 0.606 bits per heavy atom. The summed E-state index contributed by atoms with van der Waals surface area (Å²) in [6.07, 6.45) is 17.0. The Labute approximate surface area is 395 Å². The molecule has 9 N–H and O–H groups in total. The van der Waals surface area contributed by atoms with Crippen LogP contribution in [0, 0.1) is 17.8 Å². The second-order valence-electron chi connectivity index (χ2n) is 18.4. The molecule has 368 valence electrons. The highest BCUT2D eigenvalue weighted by Gasteiger charge is 2.32. The van der Waals surface area contributed by atoms with Crippen LogP contribution < -0.4 is 32.7 Å². The number of aliphatic imine (C=N–C) groups is 1. The number of carbonyl (C=O) groups excluding carboxylic acids is 6. The molecule has 0 radical (unpaired) electrons. The number of nitrogens with two attached hydrogens (primary N) is 2. The Balaban J connectivity index is 2.12. The van der Waals surface area contributed by atoms with Gasteiger partial charge in [0.1, 0.15) is 11.8 Å². The van der Waals surface area contributed by atoms with E-state index in [4.69, 9.17) is 11.5 Å². The first-order chi connectivity index (χ1) is 31.6. The summed E-state index contributed by atoms with van der Waals surface area (Å²) in [5, 5.41) is 21.2. The second kappa shape index (κ2) is 33.2. The molecule has 66 heavy (non-hydrogen) atoms. The first kappa shape index (κ1) is 56.9. The molecule has 0 fully saturated rings. The molecule has 2 rings (SSSR count). The predicted octanol–water partition coefficient (Wildman–Crippen LogP) is 7.13. The van der Waals surface area contributed by atoms with Gasteiger partial charge in [-0.2, -0.15) is 0 Å². The van der Waals surface area contributed by atoms with Crippen molar-refractivity contribution in [2.24, 2.45) is 34.2 Å². The molecular weight excluding hydrogens is 835 g/mol. The molecule has 0 bridgehead atoms. The highest BCUT2D eigenvalue weighted by molar-refractivity contribution is 5.96. The summed E-state index contributed by atoms with van der Waals surface area (Å²) in [6.45, 7) is 8.01. The molecular formula is C52H83N7O7. The van der Waals surface area contributed by atoms with E-state index in [0.29, 0.717) is 31.2 Å². The van der Waals surface area contributed by atoms with Crippen LogP contribution in [0.15, 0.2) is 59.6 Å². The first-order valence-corrected chi connectivity index (χ1v) is 24.7. The van der Waals surface area contributed by atoms with Gasteiger partial charge in [0.05, 0.1) is 12.1 Å². The molecule has 14 nitrogen and oxygen atoms in total. The van der Waals surface area contributed by atoms with Crippen LogP contribution >= 0.6 is 0 Å². The van der Waals surface area contributed by atoms with Crippen LogP contribution in [0.2, 0.25) is 0 Å². The molecule has 2 aromatic rings. The molecule has 14 heteroatoms. The molecule has 0 spiro atoms. The van der Waals surface area contributed by atoms with Gasteiger partial charge in [-0.25, -0.2) is 0 Å².